The molecule has 4 aliphatic rings. The van der Waals surface area contributed by atoms with Crippen LogP contribution in [0, 0.1) is 16.7 Å². The lowest BCUT2D eigenvalue weighted by molar-refractivity contribution is -0.345. The number of aliphatic hydroxyl groups is 3. The van der Waals surface area contributed by atoms with Crippen LogP contribution in [-0.2, 0) is 33.3 Å². The van der Waals surface area contributed by atoms with E-state index in [4.69, 9.17) is 18.9 Å². The van der Waals surface area contributed by atoms with E-state index in [9.17, 15) is 34.5 Å². The lowest BCUT2D eigenvalue weighted by Gasteiger charge is -2.67. The number of carbonyl (C=O) groups excluding carboxylic acids is 4. The molecule has 2 saturated carbocycles. The molecular weight excluding hydrogens is 680 g/mol. The molecule has 3 aromatic rings. The Morgan fingerprint density at radius 1 is 0.925 bits per heavy atom. The zero-order valence-electron chi connectivity index (χ0n) is 30.3. The Morgan fingerprint density at radius 3 is 2.28 bits per heavy atom. The highest BCUT2D eigenvalue weighted by Gasteiger charge is 2.78. The Labute approximate surface area is 307 Å². The van der Waals surface area contributed by atoms with Crippen molar-refractivity contribution in [1.29, 1.82) is 0 Å². The van der Waals surface area contributed by atoms with Crippen molar-refractivity contribution in [3.05, 3.63) is 101 Å². The molecule has 3 fully saturated rings. The Kier molecular flexibility index (Phi) is 9.01. The summed E-state index contributed by atoms with van der Waals surface area (Å²) in [4.78, 5) is 55.2. The van der Waals surface area contributed by atoms with Crippen LogP contribution in [0.2, 0.25) is 0 Å². The van der Waals surface area contributed by atoms with Gasteiger partial charge in [0.2, 0.25) is 0 Å². The van der Waals surface area contributed by atoms with Gasteiger partial charge in [0.1, 0.15) is 30.0 Å². The van der Waals surface area contributed by atoms with Crippen LogP contribution in [0.15, 0.2) is 90.0 Å². The number of rotatable bonds is 6. The lowest BCUT2D eigenvalue weighted by atomic mass is 9.44. The molecule has 0 radical (unpaired) electrons. The molecular formula is C42H44O11. The second-order valence-electron chi connectivity index (χ2n) is 15.5. The Hall–Kier alpha value is -4.68. The van der Waals surface area contributed by atoms with Gasteiger partial charge >= 0.3 is 17.9 Å². The van der Waals surface area contributed by atoms with Crippen LogP contribution in [0.25, 0.3) is 16.8 Å². The van der Waals surface area contributed by atoms with E-state index in [1.165, 1.54) is 32.1 Å². The third-order valence-corrected chi connectivity index (χ3v) is 12.4. The van der Waals surface area contributed by atoms with Crippen LogP contribution >= 0.6 is 0 Å². The molecule has 7 rings (SSSR count). The zero-order valence-corrected chi connectivity index (χ0v) is 30.3. The Bertz CT molecular complexity index is 2050. The number of hydrogen-bond donors (Lipinski definition) is 3. The van der Waals surface area contributed by atoms with Crippen molar-refractivity contribution >= 4 is 40.5 Å². The zero-order chi connectivity index (χ0) is 38.1. The molecule has 1 saturated heterocycles. The summed E-state index contributed by atoms with van der Waals surface area (Å²) in [6.45, 7) is 7.29. The summed E-state index contributed by atoms with van der Waals surface area (Å²) in [6.07, 6.45) is -4.67. The Balaban J connectivity index is 1.37. The van der Waals surface area contributed by atoms with Crippen LogP contribution in [0.5, 0.6) is 0 Å². The average Bonchev–Trinajstić information content (AvgIpc) is 3.12. The maximum atomic E-state index is 14.8. The summed E-state index contributed by atoms with van der Waals surface area (Å²) in [7, 11) is 0. The second kappa shape index (κ2) is 13.0. The molecule has 0 aromatic heterocycles. The third kappa shape index (κ3) is 5.55. The van der Waals surface area contributed by atoms with Crippen molar-refractivity contribution in [3.8, 4) is 0 Å². The minimum Gasteiger partial charge on any atom is -0.455 e. The number of fused-ring (bicyclic) bond motifs is 6. The third-order valence-electron chi connectivity index (χ3n) is 12.4. The van der Waals surface area contributed by atoms with Crippen LogP contribution in [0.1, 0.15) is 63.4 Å². The number of ketones is 1. The molecule has 3 aliphatic carbocycles. The first-order valence-corrected chi connectivity index (χ1v) is 17.8. The number of aliphatic hydroxyl groups excluding tert-OH is 2. The van der Waals surface area contributed by atoms with E-state index in [2.05, 4.69) is 0 Å². The minimum absolute atomic E-state index is 0.0771. The van der Waals surface area contributed by atoms with Gasteiger partial charge in [0, 0.05) is 31.3 Å². The lowest BCUT2D eigenvalue weighted by Crippen LogP contribution is -2.81. The van der Waals surface area contributed by atoms with E-state index in [0.717, 1.165) is 16.3 Å². The molecule has 1 aliphatic heterocycles. The largest absolute Gasteiger partial charge is 0.455 e. The molecule has 278 valence electrons. The van der Waals surface area contributed by atoms with Crippen LogP contribution in [-0.4, -0.2) is 87.3 Å². The highest BCUT2D eigenvalue weighted by Crippen LogP contribution is 2.64. The van der Waals surface area contributed by atoms with E-state index in [0.29, 0.717) is 5.57 Å². The standard InChI is InChI=1S/C42H44O11/c1-23-29(51-32(45)19-18-26-16-11-15-25-12-9-10-17-28(25)26)21-42(49)37(52-38(48)27-13-7-6-8-14-27)35-40(5,36(47)34(46)33(23)39(42,3)4)30(44)20-31-41(35,22-50-31)53-24(2)43/h6-19,29-31,34-35,37,44,46,49H,20-22H2,1-5H3/b19-18+/t29-,30-,31+,34+,35-,37-,40+,41-,42+/m0/s1. The number of ether oxygens (including phenoxy) is 4. The van der Waals surface area contributed by atoms with Gasteiger partial charge in [-0.25, -0.2) is 9.59 Å². The van der Waals surface area contributed by atoms with E-state index in [1.807, 2.05) is 42.5 Å². The molecule has 3 aromatic carbocycles. The maximum Gasteiger partial charge on any atom is 0.338 e. The molecule has 11 heteroatoms. The van der Waals surface area contributed by atoms with Gasteiger partial charge in [-0.3, -0.25) is 9.59 Å². The average molecular weight is 725 g/mol. The van der Waals surface area contributed by atoms with Gasteiger partial charge in [-0.1, -0.05) is 74.5 Å². The van der Waals surface area contributed by atoms with E-state index in [1.54, 1.807) is 45.0 Å². The fourth-order valence-electron chi connectivity index (χ4n) is 9.51. The Morgan fingerprint density at radius 2 is 1.60 bits per heavy atom. The summed E-state index contributed by atoms with van der Waals surface area (Å²) in [5, 5.41) is 39.1. The van der Waals surface area contributed by atoms with Crippen LogP contribution < -0.4 is 0 Å². The maximum absolute atomic E-state index is 14.8. The van der Waals surface area contributed by atoms with E-state index < -0.39 is 82.2 Å². The normalized spacial score (nSPS) is 34.6. The molecule has 0 amide bonds. The van der Waals surface area contributed by atoms with Crippen molar-refractivity contribution in [2.75, 3.05) is 6.61 Å². The SMILES string of the molecule is CC(=O)O[C@@]12CO[C@@H]1C[C@H](O)[C@@]1(C)C(=O)[C@H](O)C3=C(C)[C@@H](OC(=O)/C=C/c4cccc5ccccc45)C[C@@](O)([C@@H](OC(=O)c4ccccc4)[C@H]21)C3(C)C. The van der Waals surface area contributed by atoms with Crippen molar-refractivity contribution in [2.45, 2.75) is 89.2 Å². The van der Waals surface area contributed by atoms with Gasteiger partial charge in [-0.2, -0.15) is 0 Å². The number of Topliss-reactive ketones (excluding diaryl/α,β-unsaturated/α-hetero) is 1. The number of esters is 3. The predicted octanol–water partition coefficient (Wildman–Crippen LogP) is 4.50. The van der Waals surface area contributed by atoms with E-state index in [-0.39, 0.29) is 30.6 Å². The molecule has 1 heterocycles. The van der Waals surface area contributed by atoms with Crippen LogP contribution in [0.3, 0.4) is 0 Å². The first-order chi connectivity index (χ1) is 25.1. The molecule has 0 spiro atoms. The van der Waals surface area contributed by atoms with Gasteiger partial charge in [0.15, 0.2) is 11.4 Å². The predicted molar refractivity (Wildman–Crippen MR) is 192 cm³/mol. The van der Waals surface area contributed by atoms with Gasteiger partial charge in [-0.05, 0) is 59.5 Å². The summed E-state index contributed by atoms with van der Waals surface area (Å²) in [5.41, 5.74) is -5.90. The van der Waals surface area contributed by atoms with Gasteiger partial charge in [0.05, 0.1) is 29.6 Å². The van der Waals surface area contributed by atoms with E-state index >= 15 is 0 Å². The summed E-state index contributed by atoms with van der Waals surface area (Å²) < 4.78 is 24.2. The van der Waals surface area contributed by atoms with Gasteiger partial charge in [-0.15, -0.1) is 0 Å². The summed E-state index contributed by atoms with van der Waals surface area (Å²) in [6, 6.07) is 21.5. The highest BCUT2D eigenvalue weighted by molar-refractivity contribution is 5.96. The summed E-state index contributed by atoms with van der Waals surface area (Å²) in [5.74, 6) is -4.54. The molecule has 3 N–H and O–H groups in total. The smallest absolute Gasteiger partial charge is 0.338 e. The minimum atomic E-state index is -2.19. The second-order valence-corrected chi connectivity index (χ2v) is 15.5. The van der Waals surface area contributed by atoms with Crippen molar-refractivity contribution in [3.63, 3.8) is 0 Å². The molecule has 11 nitrogen and oxygen atoms in total. The number of benzene rings is 3. The van der Waals surface area contributed by atoms with Crippen molar-refractivity contribution < 1.29 is 53.4 Å². The monoisotopic (exact) mass is 724 g/mol. The number of hydrogen-bond acceptors (Lipinski definition) is 11. The molecule has 53 heavy (non-hydrogen) atoms. The first kappa shape index (κ1) is 36.7. The fraction of sp³-hybridized carbons (Fsp3) is 0.429. The fourth-order valence-corrected chi connectivity index (χ4v) is 9.51. The highest BCUT2D eigenvalue weighted by atomic mass is 16.6. The van der Waals surface area contributed by atoms with Crippen molar-refractivity contribution in [2.24, 2.45) is 16.7 Å². The van der Waals surface area contributed by atoms with Crippen molar-refractivity contribution in [1.82, 2.24) is 0 Å². The summed E-state index contributed by atoms with van der Waals surface area (Å²) >= 11 is 0. The van der Waals surface area contributed by atoms with Gasteiger partial charge < -0.3 is 34.3 Å². The first-order valence-electron chi connectivity index (χ1n) is 17.8. The molecule has 0 unspecified atom stereocenters. The quantitative estimate of drug-likeness (QED) is 0.142. The topological polar surface area (TPSA) is 166 Å². The molecule has 9 atom stereocenters. The molecule has 2 bridgehead atoms. The number of carbonyl (C=O) groups is 4. The van der Waals surface area contributed by atoms with Gasteiger partial charge in [0.25, 0.3) is 0 Å². The van der Waals surface area contributed by atoms with Crippen LogP contribution in [0.4, 0.5) is 0 Å².